The molecule has 0 saturated heterocycles. The second kappa shape index (κ2) is 3.43. The molecule has 0 unspecified atom stereocenters. The summed E-state index contributed by atoms with van der Waals surface area (Å²) in [6, 6.07) is 1.97. The molecule has 0 aliphatic rings. The molecule has 2 heterocycles. The summed E-state index contributed by atoms with van der Waals surface area (Å²) in [5.74, 6) is 0. The van der Waals surface area contributed by atoms with Gasteiger partial charge in [-0.3, -0.25) is 5.10 Å². The Morgan fingerprint density at radius 2 is 2.46 bits per heavy atom. The van der Waals surface area contributed by atoms with Gasteiger partial charge in [0.2, 0.25) is 0 Å². The smallest absolute Gasteiger partial charge is 0.181 e. The Balaban J connectivity index is 2.58. The second-order valence-electron chi connectivity index (χ2n) is 2.66. The van der Waals surface area contributed by atoms with E-state index in [0.29, 0.717) is 6.61 Å². The number of hydrogen-bond acceptors (Lipinski definition) is 3. The molecule has 68 valence electrons. The number of aromatic amines is 1. The number of fused-ring (bicyclic) bond motifs is 1. The summed E-state index contributed by atoms with van der Waals surface area (Å²) in [7, 11) is 1.65. The van der Waals surface area contributed by atoms with E-state index in [1.54, 1.807) is 13.3 Å². The number of halogens is 1. The number of pyridine rings is 1. The molecule has 2 aromatic heterocycles. The third-order valence-corrected chi connectivity index (χ3v) is 2.18. The van der Waals surface area contributed by atoms with Crippen LogP contribution in [-0.2, 0) is 11.3 Å². The highest BCUT2D eigenvalue weighted by molar-refractivity contribution is 9.10. The van der Waals surface area contributed by atoms with Crippen molar-refractivity contribution in [3.05, 3.63) is 22.4 Å². The standard InChI is InChI=1S/C8H8BrN3O/c1-13-4-7-6-2-5(9)3-10-8(6)12-11-7/h2-3H,4H2,1H3,(H,10,11,12). The van der Waals surface area contributed by atoms with E-state index in [9.17, 15) is 0 Å². The first-order valence-electron chi connectivity index (χ1n) is 3.78. The van der Waals surface area contributed by atoms with Crippen molar-refractivity contribution in [1.29, 1.82) is 0 Å². The van der Waals surface area contributed by atoms with Gasteiger partial charge in [-0.1, -0.05) is 0 Å². The van der Waals surface area contributed by atoms with E-state index in [2.05, 4.69) is 31.1 Å². The zero-order valence-corrected chi connectivity index (χ0v) is 8.63. The summed E-state index contributed by atoms with van der Waals surface area (Å²) in [6.07, 6.45) is 1.72. The van der Waals surface area contributed by atoms with Crippen LogP contribution in [0.1, 0.15) is 5.69 Å². The van der Waals surface area contributed by atoms with Gasteiger partial charge in [-0.2, -0.15) is 5.10 Å². The monoisotopic (exact) mass is 241 g/mol. The van der Waals surface area contributed by atoms with Gasteiger partial charge < -0.3 is 4.74 Å². The molecule has 0 aromatic carbocycles. The Kier molecular flexibility index (Phi) is 2.28. The summed E-state index contributed by atoms with van der Waals surface area (Å²) >= 11 is 3.36. The van der Waals surface area contributed by atoms with Crippen molar-refractivity contribution in [3.63, 3.8) is 0 Å². The lowest BCUT2D eigenvalue weighted by Gasteiger charge is -1.95. The van der Waals surface area contributed by atoms with E-state index in [-0.39, 0.29) is 0 Å². The molecule has 2 rings (SSSR count). The maximum atomic E-state index is 5.02. The average Bonchev–Trinajstić information content (AvgIpc) is 2.49. The van der Waals surface area contributed by atoms with Gasteiger partial charge in [0.25, 0.3) is 0 Å². The van der Waals surface area contributed by atoms with Gasteiger partial charge in [-0.15, -0.1) is 0 Å². The normalized spacial score (nSPS) is 10.9. The third-order valence-electron chi connectivity index (χ3n) is 1.74. The number of nitrogens with one attached hydrogen (secondary N) is 1. The van der Waals surface area contributed by atoms with Crippen LogP contribution >= 0.6 is 15.9 Å². The Morgan fingerprint density at radius 1 is 1.62 bits per heavy atom. The van der Waals surface area contributed by atoms with Crippen molar-refractivity contribution < 1.29 is 4.74 Å². The van der Waals surface area contributed by atoms with Crippen LogP contribution in [0.4, 0.5) is 0 Å². The van der Waals surface area contributed by atoms with Crippen LogP contribution in [0.3, 0.4) is 0 Å². The van der Waals surface area contributed by atoms with E-state index >= 15 is 0 Å². The third kappa shape index (κ3) is 1.57. The molecule has 0 saturated carbocycles. The first kappa shape index (κ1) is 8.65. The van der Waals surface area contributed by atoms with Crippen LogP contribution in [0.5, 0.6) is 0 Å². The SMILES string of the molecule is COCc1[nH]nc2ncc(Br)cc12. The number of H-pyrrole nitrogens is 1. The van der Waals surface area contributed by atoms with E-state index in [1.165, 1.54) is 0 Å². The van der Waals surface area contributed by atoms with Gasteiger partial charge in [0.15, 0.2) is 5.65 Å². The summed E-state index contributed by atoms with van der Waals surface area (Å²) in [4.78, 5) is 4.14. The van der Waals surface area contributed by atoms with Crippen molar-refractivity contribution in [1.82, 2.24) is 15.2 Å². The Morgan fingerprint density at radius 3 is 3.23 bits per heavy atom. The van der Waals surface area contributed by atoms with Crippen LogP contribution in [0.25, 0.3) is 11.0 Å². The van der Waals surface area contributed by atoms with E-state index < -0.39 is 0 Å². The molecule has 2 aromatic rings. The molecule has 0 aliphatic heterocycles. The van der Waals surface area contributed by atoms with Crippen LogP contribution < -0.4 is 0 Å². The van der Waals surface area contributed by atoms with Crippen LogP contribution in [0.2, 0.25) is 0 Å². The molecule has 0 fully saturated rings. The Labute approximate surface area is 83.4 Å². The summed E-state index contributed by atoms with van der Waals surface area (Å²) in [6.45, 7) is 0.522. The number of ether oxygens (including phenoxy) is 1. The molecule has 0 aliphatic carbocycles. The molecular formula is C8H8BrN3O. The summed E-state index contributed by atoms with van der Waals surface area (Å²) < 4.78 is 5.96. The number of nitrogens with zero attached hydrogens (tertiary/aromatic N) is 2. The molecular weight excluding hydrogens is 234 g/mol. The molecule has 4 nitrogen and oxygen atoms in total. The van der Waals surface area contributed by atoms with Crippen molar-refractivity contribution in [2.24, 2.45) is 0 Å². The average molecular weight is 242 g/mol. The van der Waals surface area contributed by atoms with Gasteiger partial charge in [0, 0.05) is 23.2 Å². The molecule has 13 heavy (non-hydrogen) atoms. The molecule has 0 spiro atoms. The molecule has 5 heteroatoms. The van der Waals surface area contributed by atoms with Gasteiger partial charge in [-0.05, 0) is 22.0 Å². The fourth-order valence-electron chi connectivity index (χ4n) is 1.18. The minimum absolute atomic E-state index is 0.522. The fraction of sp³-hybridized carbons (Fsp3) is 0.250. The lowest BCUT2D eigenvalue weighted by atomic mass is 10.3. The van der Waals surface area contributed by atoms with Crippen LogP contribution in [0, 0.1) is 0 Å². The Bertz CT molecular complexity index is 426. The van der Waals surface area contributed by atoms with Gasteiger partial charge in [0.1, 0.15) is 0 Å². The largest absolute Gasteiger partial charge is 0.378 e. The van der Waals surface area contributed by atoms with Crippen molar-refractivity contribution in [2.45, 2.75) is 6.61 Å². The van der Waals surface area contributed by atoms with Crippen molar-refractivity contribution in [3.8, 4) is 0 Å². The van der Waals surface area contributed by atoms with Gasteiger partial charge in [-0.25, -0.2) is 4.98 Å². The lowest BCUT2D eigenvalue weighted by molar-refractivity contribution is 0.182. The highest BCUT2D eigenvalue weighted by Gasteiger charge is 2.05. The number of methoxy groups -OCH3 is 1. The van der Waals surface area contributed by atoms with Gasteiger partial charge in [0.05, 0.1) is 12.3 Å². The van der Waals surface area contributed by atoms with Crippen molar-refractivity contribution >= 4 is 27.0 Å². The predicted molar refractivity (Wildman–Crippen MR) is 52.3 cm³/mol. The van der Waals surface area contributed by atoms with Crippen LogP contribution in [0.15, 0.2) is 16.7 Å². The van der Waals surface area contributed by atoms with Crippen molar-refractivity contribution in [2.75, 3.05) is 7.11 Å². The first-order valence-corrected chi connectivity index (χ1v) is 4.58. The number of hydrogen-bond donors (Lipinski definition) is 1. The maximum Gasteiger partial charge on any atom is 0.181 e. The number of aromatic nitrogens is 3. The first-order chi connectivity index (χ1) is 6.31. The molecule has 0 radical (unpaired) electrons. The lowest BCUT2D eigenvalue weighted by Crippen LogP contribution is -1.87. The second-order valence-corrected chi connectivity index (χ2v) is 3.58. The van der Waals surface area contributed by atoms with Crippen LogP contribution in [-0.4, -0.2) is 22.3 Å². The Hall–Kier alpha value is -0.940. The summed E-state index contributed by atoms with van der Waals surface area (Å²) in [5.41, 5.74) is 1.67. The zero-order valence-electron chi connectivity index (χ0n) is 7.04. The highest BCUT2D eigenvalue weighted by atomic mass is 79.9. The molecule has 0 atom stereocenters. The molecule has 0 bridgehead atoms. The topological polar surface area (TPSA) is 50.8 Å². The molecule has 1 N–H and O–H groups in total. The molecule has 0 amide bonds. The zero-order chi connectivity index (χ0) is 9.26. The minimum Gasteiger partial charge on any atom is -0.378 e. The predicted octanol–water partition coefficient (Wildman–Crippen LogP) is 1.87. The van der Waals surface area contributed by atoms with E-state index in [0.717, 1.165) is 21.2 Å². The maximum absolute atomic E-state index is 5.02. The van der Waals surface area contributed by atoms with Gasteiger partial charge >= 0.3 is 0 Å². The highest BCUT2D eigenvalue weighted by Crippen LogP contribution is 2.18. The fourth-order valence-corrected chi connectivity index (χ4v) is 1.51. The summed E-state index contributed by atoms with van der Waals surface area (Å²) in [5, 5.41) is 7.92. The number of rotatable bonds is 2. The minimum atomic E-state index is 0.522. The van der Waals surface area contributed by atoms with E-state index in [4.69, 9.17) is 4.74 Å². The van der Waals surface area contributed by atoms with E-state index in [1.807, 2.05) is 6.07 Å². The quantitative estimate of drug-likeness (QED) is 0.874.